The van der Waals surface area contributed by atoms with Gasteiger partial charge >= 0.3 is 5.91 Å². The van der Waals surface area contributed by atoms with E-state index in [0.29, 0.717) is 45.5 Å². The lowest BCUT2D eigenvalue weighted by atomic mass is 9.98. The minimum absolute atomic E-state index is 0.117. The van der Waals surface area contributed by atoms with Crippen molar-refractivity contribution in [3.63, 3.8) is 0 Å². The van der Waals surface area contributed by atoms with Crippen LogP contribution in [0.4, 0.5) is 0 Å². The van der Waals surface area contributed by atoms with Gasteiger partial charge in [-0.2, -0.15) is 0 Å². The van der Waals surface area contributed by atoms with Crippen molar-refractivity contribution in [2.45, 2.75) is 70.2 Å². The molecule has 1 aliphatic carbocycles. The van der Waals surface area contributed by atoms with Gasteiger partial charge in [0.05, 0.1) is 31.2 Å². The molecule has 0 unspecified atom stereocenters. The van der Waals surface area contributed by atoms with Crippen LogP contribution in [0.3, 0.4) is 0 Å². The second-order valence-electron chi connectivity index (χ2n) is 10.1. The van der Waals surface area contributed by atoms with Gasteiger partial charge in [0, 0.05) is 11.1 Å². The molecule has 1 aromatic carbocycles. The molecule has 0 radical (unpaired) electrons. The van der Waals surface area contributed by atoms with Crippen LogP contribution in [0.2, 0.25) is 0 Å². The number of nitroso groups, excluding NO2 is 1. The number of rotatable bonds is 12. The van der Waals surface area contributed by atoms with Gasteiger partial charge in [-0.25, -0.2) is 4.79 Å². The predicted molar refractivity (Wildman–Crippen MR) is 150 cm³/mol. The maximum atomic E-state index is 12.4. The van der Waals surface area contributed by atoms with Crippen LogP contribution in [0.15, 0.2) is 33.9 Å². The van der Waals surface area contributed by atoms with Crippen LogP contribution in [-0.4, -0.2) is 74.8 Å². The Morgan fingerprint density at radius 1 is 1.15 bits per heavy atom. The highest BCUT2D eigenvalue weighted by Crippen LogP contribution is 2.53. The number of fused-ring (bicyclic) bond motifs is 1. The summed E-state index contributed by atoms with van der Waals surface area (Å²) in [6.07, 6.45) is -0.577. The largest absolute Gasteiger partial charge is 0.491 e. The molecular weight excluding hydrogens is 640 g/mol. The van der Waals surface area contributed by atoms with E-state index < -0.39 is 36.6 Å². The van der Waals surface area contributed by atoms with Crippen molar-refractivity contribution in [1.82, 2.24) is 4.98 Å². The second kappa shape index (κ2) is 12.8. The van der Waals surface area contributed by atoms with Gasteiger partial charge in [0.1, 0.15) is 29.8 Å². The minimum Gasteiger partial charge on any atom is -0.491 e. The number of aliphatic hydroxyl groups is 3. The Balaban J connectivity index is 1.55. The molecule has 4 rings (SSSR count). The molecule has 0 spiro atoms. The van der Waals surface area contributed by atoms with E-state index in [1.807, 2.05) is 12.1 Å². The van der Waals surface area contributed by atoms with Gasteiger partial charge in [-0.15, -0.1) is 6.58 Å². The lowest BCUT2D eigenvalue weighted by Gasteiger charge is -2.37. The third-order valence-corrected chi connectivity index (χ3v) is 8.97. The number of benzene rings is 1. The number of aliphatic hydroxyl groups excluding tert-OH is 3. The molecule has 4 N–H and O–H groups in total. The molecule has 1 saturated carbocycles. The first-order chi connectivity index (χ1) is 18.6. The third-order valence-electron chi connectivity index (χ3n) is 7.63. The quantitative estimate of drug-likeness (QED) is 0.194. The van der Waals surface area contributed by atoms with Crippen LogP contribution in [0, 0.1) is 22.7 Å². The molecule has 2 aromatic rings. The number of H-pyrrole nitrogens is 1. The van der Waals surface area contributed by atoms with Crippen molar-refractivity contribution in [3.8, 4) is 11.5 Å². The number of ether oxygens (including phenoxy) is 3. The number of allylic oxidation sites excluding steroid dienone is 1. The number of nitrogens with zero attached hydrogens (tertiary/aromatic N) is 1. The number of halogens is 2. The van der Waals surface area contributed by atoms with Crippen LogP contribution in [0.25, 0.3) is 10.9 Å². The Bertz CT molecular complexity index is 1220. The Hall–Kier alpha value is -1.83. The highest BCUT2D eigenvalue weighted by Gasteiger charge is 2.52. The summed E-state index contributed by atoms with van der Waals surface area (Å²) in [7, 11) is 0. The maximum absolute atomic E-state index is 12.4. The second-order valence-corrected chi connectivity index (χ2v) is 11.7. The zero-order chi connectivity index (χ0) is 28.4. The fourth-order valence-corrected chi connectivity index (χ4v) is 6.96. The monoisotopic (exact) mass is 673 g/mol. The number of nitrogens with one attached hydrogen (secondary N) is 1. The molecular formula is C27H35Br2N2O8+. The third kappa shape index (κ3) is 6.11. The molecule has 2 heterocycles. The summed E-state index contributed by atoms with van der Waals surface area (Å²) < 4.78 is 19.2. The molecule has 1 aromatic heterocycles. The van der Waals surface area contributed by atoms with Gasteiger partial charge in [0.25, 0.3) is 0 Å². The number of aromatic nitrogens is 1. The zero-order valence-electron chi connectivity index (χ0n) is 21.9. The zero-order valence-corrected chi connectivity index (χ0v) is 25.1. The number of carbonyl (C=O) groups is 1. The maximum Gasteiger partial charge on any atom is 0.464 e. The summed E-state index contributed by atoms with van der Waals surface area (Å²) >= 11 is 7.23. The van der Waals surface area contributed by atoms with Crippen LogP contribution in [0.1, 0.15) is 39.5 Å². The summed E-state index contributed by atoms with van der Waals surface area (Å²) in [5.74, 6) is 1.50. The van der Waals surface area contributed by atoms with Gasteiger partial charge < -0.3 is 34.5 Å². The van der Waals surface area contributed by atoms with E-state index >= 15 is 0 Å². The summed E-state index contributed by atoms with van der Waals surface area (Å²) in [4.78, 5) is 27.4. The smallest absolute Gasteiger partial charge is 0.464 e. The van der Waals surface area contributed by atoms with E-state index in [2.05, 4.69) is 50.3 Å². The van der Waals surface area contributed by atoms with Crippen molar-refractivity contribution < 1.29 is 39.1 Å². The molecule has 1 amide bonds. The lowest BCUT2D eigenvalue weighted by molar-refractivity contribution is -0.476. The van der Waals surface area contributed by atoms with Crippen molar-refractivity contribution in [1.29, 1.82) is 0 Å². The molecule has 1 saturated heterocycles. The molecule has 1 aliphatic heterocycles. The van der Waals surface area contributed by atoms with E-state index in [9.17, 15) is 25.0 Å². The Morgan fingerprint density at radius 3 is 2.54 bits per heavy atom. The topological polar surface area (TPSA) is 141 Å². The number of aromatic amines is 1. The van der Waals surface area contributed by atoms with Crippen molar-refractivity contribution in [2.24, 2.45) is 17.8 Å². The number of hydrogen-bond donors (Lipinski definition) is 4. The van der Waals surface area contributed by atoms with Crippen molar-refractivity contribution in [3.05, 3.63) is 38.8 Å². The van der Waals surface area contributed by atoms with Crippen molar-refractivity contribution >= 4 is 48.7 Å². The summed E-state index contributed by atoms with van der Waals surface area (Å²) in [6, 6.07) is 1.84. The summed E-state index contributed by atoms with van der Waals surface area (Å²) in [5.41, 5.74) is 0.686. The molecule has 12 heteroatoms. The standard InChI is InChI=1S/C27H35Br2N2O8/c1-4-7-9-14-13(8-5-2)15(14)12-37-24-16(28)10-17-19(20(24)29)18(11-30-17)38-27-23(34)21(32)22(33)25(39-27)26(35)31(36)6-3/h4,10-11,13-15,21-23,25,27,30,32-34H,1,5-9,12H2,2-3H3/q+1/t13-,14+,15-,21-,22-,23+,25-,27+/m0/s1. The fourth-order valence-electron chi connectivity index (χ4n) is 5.42. The normalized spacial score (nSPS) is 30.2. The molecule has 10 nitrogen and oxygen atoms in total. The van der Waals surface area contributed by atoms with Crippen LogP contribution < -0.4 is 9.47 Å². The van der Waals surface area contributed by atoms with E-state index in [1.165, 1.54) is 13.3 Å². The first kappa shape index (κ1) is 30.1. The molecule has 214 valence electrons. The minimum atomic E-state index is -1.80. The molecule has 2 aliphatic rings. The van der Waals surface area contributed by atoms with Gasteiger partial charge in [0.2, 0.25) is 12.4 Å². The van der Waals surface area contributed by atoms with Crippen LogP contribution in [0.5, 0.6) is 11.5 Å². The lowest BCUT2D eigenvalue weighted by Crippen LogP contribution is -2.62. The number of likely N-dealkylation sites (N-methyl/N-ethyl adjacent to an activating group) is 1. The highest BCUT2D eigenvalue weighted by molar-refractivity contribution is 9.11. The number of carbonyl (C=O) groups excluding carboxylic acids is 1. The Morgan fingerprint density at radius 2 is 1.87 bits per heavy atom. The number of hydrogen-bond acceptors (Lipinski definition) is 8. The SMILES string of the molecule is C=CCC[C@@H]1[C@H](CCC)[C@@H]1COc1c(Br)cc2[nH]cc(O[C@@H]3O[C@H](C(=O)[N+](=O)CC)[C@@H](O)[C@H](O)[C@H]3O)c2c1Br. The van der Waals surface area contributed by atoms with Gasteiger partial charge in [-0.05, 0) is 75.4 Å². The van der Waals surface area contributed by atoms with E-state index in [1.54, 1.807) is 6.20 Å². The van der Waals surface area contributed by atoms with Crippen molar-refractivity contribution in [2.75, 3.05) is 13.2 Å². The van der Waals surface area contributed by atoms with Crippen LogP contribution >= 0.6 is 31.9 Å². The molecule has 39 heavy (non-hydrogen) atoms. The Kier molecular flexibility index (Phi) is 9.87. The molecule has 8 atom stereocenters. The van der Waals surface area contributed by atoms with E-state index in [4.69, 9.17) is 14.2 Å². The Labute approximate surface area is 243 Å². The van der Waals surface area contributed by atoms with E-state index in [-0.39, 0.29) is 17.1 Å². The fraction of sp³-hybridized carbons (Fsp3) is 0.593. The average molecular weight is 675 g/mol. The number of amides is 1. The first-order valence-corrected chi connectivity index (χ1v) is 14.8. The summed E-state index contributed by atoms with van der Waals surface area (Å²) in [5, 5.41) is 31.7. The van der Waals surface area contributed by atoms with E-state index in [0.717, 1.165) is 23.7 Å². The predicted octanol–water partition coefficient (Wildman–Crippen LogP) is 4.21. The average Bonchev–Trinajstić information content (AvgIpc) is 3.41. The molecule has 0 bridgehead atoms. The highest BCUT2D eigenvalue weighted by atomic mass is 79.9. The van der Waals surface area contributed by atoms with Gasteiger partial charge in [-0.3, -0.25) is 0 Å². The molecule has 2 fully saturated rings. The summed E-state index contributed by atoms with van der Waals surface area (Å²) in [6.45, 7) is 7.90. The van der Waals surface area contributed by atoms with Gasteiger partial charge in [-0.1, -0.05) is 25.8 Å². The van der Waals surface area contributed by atoms with Gasteiger partial charge in [0.15, 0.2) is 6.54 Å². The first-order valence-electron chi connectivity index (χ1n) is 13.2. The van der Waals surface area contributed by atoms with Crippen LogP contribution in [-0.2, 0) is 9.53 Å².